The summed E-state index contributed by atoms with van der Waals surface area (Å²) < 4.78 is 32.2. The van der Waals surface area contributed by atoms with E-state index in [0.717, 1.165) is 18.5 Å². The maximum Gasteiger partial charge on any atom is 0.127 e. The molecule has 112 valence electrons. The predicted molar refractivity (Wildman–Crippen MR) is 79.1 cm³/mol. The molecule has 0 saturated heterocycles. The SMILES string of the molecule is CCCNCc1cc(F)cc(OCc2cccc(F)c2)c1. The molecule has 0 heterocycles. The second-order valence-electron chi connectivity index (χ2n) is 4.89. The highest BCUT2D eigenvalue weighted by atomic mass is 19.1. The van der Waals surface area contributed by atoms with E-state index in [0.29, 0.717) is 17.9 Å². The molecule has 1 N–H and O–H groups in total. The summed E-state index contributed by atoms with van der Waals surface area (Å²) >= 11 is 0. The van der Waals surface area contributed by atoms with Crippen LogP contribution in [0.1, 0.15) is 24.5 Å². The Balaban J connectivity index is 1.99. The van der Waals surface area contributed by atoms with E-state index in [1.807, 2.05) is 0 Å². The minimum Gasteiger partial charge on any atom is -0.489 e. The van der Waals surface area contributed by atoms with Crippen LogP contribution in [0, 0.1) is 11.6 Å². The summed E-state index contributed by atoms with van der Waals surface area (Å²) in [5, 5.41) is 3.22. The van der Waals surface area contributed by atoms with Crippen LogP contribution in [0.3, 0.4) is 0 Å². The molecule has 2 aromatic rings. The van der Waals surface area contributed by atoms with Gasteiger partial charge in [0, 0.05) is 12.6 Å². The van der Waals surface area contributed by atoms with E-state index in [9.17, 15) is 8.78 Å². The van der Waals surface area contributed by atoms with Gasteiger partial charge in [-0.1, -0.05) is 19.1 Å². The van der Waals surface area contributed by atoms with Gasteiger partial charge in [0.1, 0.15) is 24.0 Å². The van der Waals surface area contributed by atoms with Gasteiger partial charge in [-0.15, -0.1) is 0 Å². The fourth-order valence-electron chi connectivity index (χ4n) is 2.01. The Morgan fingerprint density at radius 3 is 2.57 bits per heavy atom. The molecule has 4 heteroatoms. The van der Waals surface area contributed by atoms with Crippen molar-refractivity contribution in [2.75, 3.05) is 6.54 Å². The second kappa shape index (κ2) is 7.74. The Hall–Kier alpha value is -1.94. The van der Waals surface area contributed by atoms with Crippen molar-refractivity contribution < 1.29 is 13.5 Å². The first kappa shape index (κ1) is 15.4. The third-order valence-electron chi connectivity index (χ3n) is 2.98. The van der Waals surface area contributed by atoms with E-state index >= 15 is 0 Å². The second-order valence-corrected chi connectivity index (χ2v) is 4.89. The lowest BCUT2D eigenvalue weighted by atomic mass is 10.2. The molecule has 2 rings (SSSR count). The average Bonchev–Trinajstić information content (AvgIpc) is 2.45. The first-order valence-electron chi connectivity index (χ1n) is 7.05. The van der Waals surface area contributed by atoms with E-state index in [1.165, 1.54) is 24.3 Å². The molecule has 0 aromatic heterocycles. The third kappa shape index (κ3) is 5.16. The Bertz CT molecular complexity index is 587. The maximum atomic E-state index is 13.6. The van der Waals surface area contributed by atoms with E-state index < -0.39 is 0 Å². The average molecular weight is 291 g/mol. The molecule has 0 fully saturated rings. The van der Waals surface area contributed by atoms with Crippen molar-refractivity contribution in [3.8, 4) is 5.75 Å². The molecule has 0 saturated carbocycles. The lowest BCUT2D eigenvalue weighted by Crippen LogP contribution is -2.14. The number of hydrogen-bond acceptors (Lipinski definition) is 2. The zero-order chi connectivity index (χ0) is 15.1. The van der Waals surface area contributed by atoms with E-state index in [1.54, 1.807) is 18.2 Å². The zero-order valence-corrected chi connectivity index (χ0v) is 12.0. The normalized spacial score (nSPS) is 10.6. The van der Waals surface area contributed by atoms with Crippen LogP contribution in [0.2, 0.25) is 0 Å². The van der Waals surface area contributed by atoms with E-state index in [4.69, 9.17) is 4.74 Å². The van der Waals surface area contributed by atoms with Gasteiger partial charge < -0.3 is 10.1 Å². The molecular formula is C17H19F2NO. The van der Waals surface area contributed by atoms with Crippen LogP contribution in [-0.4, -0.2) is 6.54 Å². The van der Waals surface area contributed by atoms with Crippen molar-refractivity contribution in [1.29, 1.82) is 0 Å². The van der Waals surface area contributed by atoms with Gasteiger partial charge in [0.05, 0.1) is 0 Å². The van der Waals surface area contributed by atoms with Crippen molar-refractivity contribution in [3.63, 3.8) is 0 Å². The number of hydrogen-bond donors (Lipinski definition) is 1. The monoisotopic (exact) mass is 291 g/mol. The summed E-state index contributed by atoms with van der Waals surface area (Å²) in [6, 6.07) is 10.8. The van der Waals surface area contributed by atoms with Gasteiger partial charge in [-0.2, -0.15) is 0 Å². The largest absolute Gasteiger partial charge is 0.489 e. The molecule has 0 bridgehead atoms. The highest BCUT2D eigenvalue weighted by Crippen LogP contribution is 2.18. The molecule has 0 atom stereocenters. The third-order valence-corrected chi connectivity index (χ3v) is 2.98. The Kier molecular flexibility index (Phi) is 5.69. The smallest absolute Gasteiger partial charge is 0.127 e. The van der Waals surface area contributed by atoms with Gasteiger partial charge >= 0.3 is 0 Å². The summed E-state index contributed by atoms with van der Waals surface area (Å²) in [6.07, 6.45) is 1.03. The number of halogens is 2. The van der Waals surface area contributed by atoms with Crippen molar-refractivity contribution in [2.24, 2.45) is 0 Å². The molecule has 0 aliphatic heterocycles. The van der Waals surface area contributed by atoms with Crippen LogP contribution in [0.15, 0.2) is 42.5 Å². The van der Waals surface area contributed by atoms with Crippen LogP contribution in [-0.2, 0) is 13.2 Å². The first-order chi connectivity index (χ1) is 10.2. The summed E-state index contributed by atoms with van der Waals surface area (Å²) in [4.78, 5) is 0. The number of nitrogens with one attached hydrogen (secondary N) is 1. The van der Waals surface area contributed by atoms with Gasteiger partial charge in [0.15, 0.2) is 0 Å². The summed E-state index contributed by atoms with van der Waals surface area (Å²) in [7, 11) is 0. The molecule has 0 radical (unpaired) electrons. The Morgan fingerprint density at radius 1 is 1.00 bits per heavy atom. The van der Waals surface area contributed by atoms with E-state index in [2.05, 4.69) is 12.2 Å². The minimum atomic E-state index is -0.333. The summed E-state index contributed by atoms with van der Waals surface area (Å²) in [5.41, 5.74) is 1.54. The van der Waals surface area contributed by atoms with Crippen LogP contribution >= 0.6 is 0 Å². The lowest BCUT2D eigenvalue weighted by Gasteiger charge is -2.09. The highest BCUT2D eigenvalue weighted by Gasteiger charge is 2.03. The van der Waals surface area contributed by atoms with Gasteiger partial charge in [-0.25, -0.2) is 8.78 Å². The fraction of sp³-hybridized carbons (Fsp3) is 0.294. The van der Waals surface area contributed by atoms with Gasteiger partial charge in [0.2, 0.25) is 0 Å². The standard InChI is InChI=1S/C17H19F2NO/c1-2-6-20-11-14-8-16(19)10-17(9-14)21-12-13-4-3-5-15(18)7-13/h3-5,7-10,20H,2,6,11-12H2,1H3. The molecule has 2 nitrogen and oxygen atoms in total. The quantitative estimate of drug-likeness (QED) is 0.777. The highest BCUT2D eigenvalue weighted by molar-refractivity contribution is 5.30. The predicted octanol–water partition coefficient (Wildman–Crippen LogP) is 4.04. The molecule has 0 aliphatic rings. The van der Waals surface area contributed by atoms with Crippen LogP contribution < -0.4 is 10.1 Å². The molecular weight excluding hydrogens is 272 g/mol. The zero-order valence-electron chi connectivity index (χ0n) is 12.0. The van der Waals surface area contributed by atoms with Gasteiger partial charge in [-0.3, -0.25) is 0 Å². The van der Waals surface area contributed by atoms with Gasteiger partial charge in [0.25, 0.3) is 0 Å². The number of benzene rings is 2. The van der Waals surface area contributed by atoms with Crippen molar-refractivity contribution in [1.82, 2.24) is 5.32 Å². The molecule has 0 amide bonds. The van der Waals surface area contributed by atoms with Crippen molar-refractivity contribution in [2.45, 2.75) is 26.5 Å². The number of ether oxygens (including phenoxy) is 1. The Labute approximate surface area is 123 Å². The summed E-state index contributed by atoms with van der Waals surface area (Å²) in [6.45, 7) is 3.77. The lowest BCUT2D eigenvalue weighted by molar-refractivity contribution is 0.303. The summed E-state index contributed by atoms with van der Waals surface area (Å²) in [5.74, 6) is -0.188. The molecule has 0 unspecified atom stereocenters. The molecule has 2 aromatic carbocycles. The Morgan fingerprint density at radius 2 is 1.81 bits per heavy atom. The van der Waals surface area contributed by atoms with E-state index in [-0.39, 0.29) is 18.2 Å². The van der Waals surface area contributed by atoms with Crippen LogP contribution in [0.25, 0.3) is 0 Å². The molecule has 0 spiro atoms. The molecule has 21 heavy (non-hydrogen) atoms. The van der Waals surface area contributed by atoms with Crippen molar-refractivity contribution >= 4 is 0 Å². The fourth-order valence-corrected chi connectivity index (χ4v) is 2.01. The molecule has 0 aliphatic carbocycles. The van der Waals surface area contributed by atoms with Crippen LogP contribution in [0.5, 0.6) is 5.75 Å². The number of rotatable bonds is 7. The van der Waals surface area contributed by atoms with Crippen LogP contribution in [0.4, 0.5) is 8.78 Å². The van der Waals surface area contributed by atoms with Crippen molar-refractivity contribution in [3.05, 3.63) is 65.2 Å². The maximum absolute atomic E-state index is 13.6. The topological polar surface area (TPSA) is 21.3 Å². The first-order valence-corrected chi connectivity index (χ1v) is 7.05. The minimum absolute atomic E-state index is 0.211. The van der Waals surface area contributed by atoms with Gasteiger partial charge in [-0.05, 0) is 48.4 Å².